The van der Waals surface area contributed by atoms with Gasteiger partial charge < -0.3 is 10.1 Å². The molecule has 3 rings (SSSR count). The Morgan fingerprint density at radius 1 is 1.15 bits per heavy atom. The maximum absolute atomic E-state index is 11.5. The highest BCUT2D eigenvalue weighted by atomic mass is 16.5. The summed E-state index contributed by atoms with van der Waals surface area (Å²) in [7, 11) is 0. The van der Waals surface area contributed by atoms with Crippen molar-refractivity contribution in [1.29, 1.82) is 0 Å². The number of aromatic nitrogens is 1. The molecule has 0 radical (unpaired) electrons. The second-order valence-corrected chi connectivity index (χ2v) is 5.12. The number of carbonyl (C=O) groups is 1. The molecule has 1 amide bonds. The summed E-state index contributed by atoms with van der Waals surface area (Å²) < 4.78 is 5.59. The Morgan fingerprint density at radius 3 is 2.70 bits per heavy atom. The quantitative estimate of drug-likeness (QED) is 0.864. The van der Waals surface area contributed by atoms with Crippen LogP contribution in [0.1, 0.15) is 18.1 Å². The van der Waals surface area contributed by atoms with Gasteiger partial charge in [0.05, 0.1) is 0 Å². The molecule has 0 saturated heterocycles. The van der Waals surface area contributed by atoms with Crippen LogP contribution >= 0.6 is 0 Å². The summed E-state index contributed by atoms with van der Waals surface area (Å²) in [5.41, 5.74) is 4.58. The molecule has 1 aliphatic heterocycles. The minimum absolute atomic E-state index is 0.163. The monoisotopic (exact) mass is 268 g/mol. The van der Waals surface area contributed by atoms with Crippen molar-refractivity contribution in [3.8, 4) is 16.9 Å². The molecule has 1 unspecified atom stereocenters. The second kappa shape index (κ2) is 4.63. The minimum Gasteiger partial charge on any atom is -0.477 e. The molecule has 4 heteroatoms. The van der Waals surface area contributed by atoms with Gasteiger partial charge in [-0.2, -0.15) is 0 Å². The number of nitrogens with zero attached hydrogens (tertiary/aromatic N) is 1. The zero-order valence-electron chi connectivity index (χ0n) is 11.7. The first kappa shape index (κ1) is 12.7. The van der Waals surface area contributed by atoms with Crippen LogP contribution in [0.15, 0.2) is 30.5 Å². The summed E-state index contributed by atoms with van der Waals surface area (Å²) in [5, 5.41) is 2.73. The Bertz CT molecular complexity index is 695. The van der Waals surface area contributed by atoms with Crippen molar-refractivity contribution in [2.75, 3.05) is 5.32 Å². The first-order valence-electron chi connectivity index (χ1n) is 6.60. The lowest BCUT2D eigenvalue weighted by Gasteiger charge is -2.22. The smallest absolute Gasteiger partial charge is 0.266 e. The predicted octanol–water partition coefficient (Wildman–Crippen LogP) is 3.08. The van der Waals surface area contributed by atoms with Gasteiger partial charge in [-0.1, -0.05) is 18.2 Å². The van der Waals surface area contributed by atoms with Gasteiger partial charge in [-0.3, -0.25) is 4.79 Å². The zero-order chi connectivity index (χ0) is 14.3. The average molecular weight is 268 g/mol. The number of carbonyl (C=O) groups excluding carboxylic acids is 1. The number of pyridine rings is 1. The summed E-state index contributed by atoms with van der Waals surface area (Å²) in [5.74, 6) is 0.942. The van der Waals surface area contributed by atoms with Gasteiger partial charge in [0, 0.05) is 11.8 Å². The zero-order valence-corrected chi connectivity index (χ0v) is 11.7. The van der Waals surface area contributed by atoms with Crippen LogP contribution in [0, 0.1) is 13.8 Å². The topological polar surface area (TPSA) is 51.2 Å². The van der Waals surface area contributed by atoms with Gasteiger partial charge in [0.1, 0.15) is 0 Å². The molecule has 1 aromatic carbocycles. The van der Waals surface area contributed by atoms with Gasteiger partial charge in [-0.15, -0.1) is 0 Å². The highest BCUT2D eigenvalue weighted by molar-refractivity contribution is 5.96. The van der Waals surface area contributed by atoms with Crippen LogP contribution in [0.25, 0.3) is 11.1 Å². The van der Waals surface area contributed by atoms with E-state index in [2.05, 4.69) is 42.3 Å². The van der Waals surface area contributed by atoms with Crippen LogP contribution in [0.2, 0.25) is 0 Å². The third-order valence-corrected chi connectivity index (χ3v) is 3.61. The van der Waals surface area contributed by atoms with E-state index in [4.69, 9.17) is 4.74 Å². The fourth-order valence-electron chi connectivity index (χ4n) is 2.17. The number of nitrogens with one attached hydrogen (secondary N) is 1. The lowest BCUT2D eigenvalue weighted by molar-refractivity contribution is -0.122. The Hall–Kier alpha value is -2.36. The second-order valence-electron chi connectivity index (χ2n) is 5.12. The lowest BCUT2D eigenvalue weighted by Crippen LogP contribution is -2.34. The number of fused-ring (bicyclic) bond motifs is 1. The molecule has 0 saturated carbocycles. The molecule has 20 heavy (non-hydrogen) atoms. The summed E-state index contributed by atoms with van der Waals surface area (Å²) in [6, 6.07) is 8.21. The molecule has 0 fully saturated rings. The molecule has 4 nitrogen and oxygen atoms in total. The number of aryl methyl sites for hydroxylation is 2. The molecule has 102 valence electrons. The van der Waals surface area contributed by atoms with Crippen LogP contribution in [-0.2, 0) is 4.79 Å². The normalized spacial score (nSPS) is 17.1. The summed E-state index contributed by atoms with van der Waals surface area (Å²) in [4.78, 5) is 15.8. The molecule has 1 atom stereocenters. The van der Waals surface area contributed by atoms with E-state index in [1.165, 1.54) is 11.1 Å². The molecule has 0 spiro atoms. The summed E-state index contributed by atoms with van der Waals surface area (Å²) in [6.07, 6.45) is 1.27. The van der Waals surface area contributed by atoms with Crippen molar-refractivity contribution in [1.82, 2.24) is 4.98 Å². The maximum atomic E-state index is 11.5. The Balaban J connectivity index is 2.02. The van der Waals surface area contributed by atoms with Crippen molar-refractivity contribution in [2.45, 2.75) is 26.9 Å². The summed E-state index contributed by atoms with van der Waals surface area (Å²) >= 11 is 0. The first-order valence-corrected chi connectivity index (χ1v) is 6.60. The average Bonchev–Trinajstić information content (AvgIpc) is 2.43. The standard InChI is InChI=1S/C16H16N2O2/c1-9-4-5-12(6-10(9)2)13-7-14-15(17-8-13)18-16(19)11(3)20-14/h4-8,11H,1-3H3,(H,17,18,19). The Kier molecular flexibility index (Phi) is 2.93. The molecule has 1 N–H and O–H groups in total. The molecule has 2 aromatic rings. The van der Waals surface area contributed by atoms with E-state index in [0.29, 0.717) is 11.6 Å². The van der Waals surface area contributed by atoms with E-state index >= 15 is 0 Å². The SMILES string of the molecule is Cc1ccc(-c2cnc3c(c2)OC(C)C(=O)N3)cc1C. The summed E-state index contributed by atoms with van der Waals surface area (Å²) in [6.45, 7) is 5.90. The molecular formula is C16H16N2O2. The number of benzene rings is 1. The van der Waals surface area contributed by atoms with Gasteiger partial charge >= 0.3 is 0 Å². The number of hydrogen-bond acceptors (Lipinski definition) is 3. The van der Waals surface area contributed by atoms with E-state index in [1.54, 1.807) is 13.1 Å². The predicted molar refractivity (Wildman–Crippen MR) is 77.9 cm³/mol. The van der Waals surface area contributed by atoms with E-state index in [9.17, 15) is 4.79 Å². The van der Waals surface area contributed by atoms with Gasteiger partial charge in [-0.25, -0.2) is 4.98 Å². The van der Waals surface area contributed by atoms with Crippen LogP contribution in [0.4, 0.5) is 5.82 Å². The van der Waals surface area contributed by atoms with E-state index in [1.807, 2.05) is 6.07 Å². The highest BCUT2D eigenvalue weighted by Gasteiger charge is 2.24. The van der Waals surface area contributed by atoms with Crippen molar-refractivity contribution in [3.05, 3.63) is 41.6 Å². The van der Waals surface area contributed by atoms with Crippen LogP contribution in [-0.4, -0.2) is 17.0 Å². The Labute approximate surface area is 117 Å². The van der Waals surface area contributed by atoms with Gasteiger partial charge in [-0.05, 0) is 43.5 Å². The maximum Gasteiger partial charge on any atom is 0.266 e. The van der Waals surface area contributed by atoms with Gasteiger partial charge in [0.2, 0.25) is 0 Å². The van der Waals surface area contributed by atoms with E-state index in [-0.39, 0.29) is 5.91 Å². The van der Waals surface area contributed by atoms with E-state index < -0.39 is 6.10 Å². The van der Waals surface area contributed by atoms with Gasteiger partial charge in [0.15, 0.2) is 17.7 Å². The molecule has 0 bridgehead atoms. The fourth-order valence-corrected chi connectivity index (χ4v) is 2.17. The third-order valence-electron chi connectivity index (χ3n) is 3.61. The molecule has 2 heterocycles. The first-order chi connectivity index (χ1) is 9.54. The van der Waals surface area contributed by atoms with Crippen LogP contribution in [0.5, 0.6) is 5.75 Å². The molecule has 1 aliphatic rings. The molecular weight excluding hydrogens is 252 g/mol. The minimum atomic E-state index is -0.487. The van der Waals surface area contributed by atoms with E-state index in [0.717, 1.165) is 11.1 Å². The molecule has 0 aliphatic carbocycles. The number of amides is 1. The lowest BCUT2D eigenvalue weighted by atomic mass is 10.0. The van der Waals surface area contributed by atoms with Crippen molar-refractivity contribution < 1.29 is 9.53 Å². The molecule has 1 aromatic heterocycles. The number of anilines is 1. The van der Waals surface area contributed by atoms with Crippen molar-refractivity contribution >= 4 is 11.7 Å². The van der Waals surface area contributed by atoms with Crippen molar-refractivity contribution in [2.24, 2.45) is 0 Å². The van der Waals surface area contributed by atoms with Crippen molar-refractivity contribution in [3.63, 3.8) is 0 Å². The van der Waals surface area contributed by atoms with Gasteiger partial charge in [0.25, 0.3) is 5.91 Å². The number of ether oxygens (including phenoxy) is 1. The Morgan fingerprint density at radius 2 is 1.95 bits per heavy atom. The number of rotatable bonds is 1. The highest BCUT2D eigenvalue weighted by Crippen LogP contribution is 2.32. The fraction of sp³-hybridized carbons (Fsp3) is 0.250. The third kappa shape index (κ3) is 2.13. The largest absolute Gasteiger partial charge is 0.477 e. The number of hydrogen-bond donors (Lipinski definition) is 1. The van der Waals surface area contributed by atoms with Crippen LogP contribution in [0.3, 0.4) is 0 Å². The van der Waals surface area contributed by atoms with Crippen LogP contribution < -0.4 is 10.1 Å².